The van der Waals surface area contributed by atoms with Gasteiger partial charge in [-0.25, -0.2) is 9.97 Å². The Balaban J connectivity index is 2.11. The lowest BCUT2D eigenvalue weighted by Crippen LogP contribution is -2.24. The molecule has 0 saturated heterocycles. The molecule has 2 aromatic rings. The van der Waals surface area contributed by atoms with Crippen LogP contribution in [0, 0.1) is 0 Å². The fraction of sp³-hybridized carbons (Fsp3) is 0.357. The summed E-state index contributed by atoms with van der Waals surface area (Å²) >= 11 is 3.40. The zero-order chi connectivity index (χ0) is 13.5. The summed E-state index contributed by atoms with van der Waals surface area (Å²) in [7, 11) is 0. The van der Waals surface area contributed by atoms with Gasteiger partial charge in [-0.2, -0.15) is 0 Å². The molecule has 0 aliphatic heterocycles. The van der Waals surface area contributed by atoms with E-state index in [9.17, 15) is 0 Å². The molecule has 0 saturated carbocycles. The van der Waals surface area contributed by atoms with Gasteiger partial charge in [0.25, 0.3) is 0 Å². The minimum absolute atomic E-state index is 0.204. The lowest BCUT2D eigenvalue weighted by Gasteiger charge is -2.17. The number of aromatic nitrogens is 3. The van der Waals surface area contributed by atoms with Crippen molar-refractivity contribution in [3.63, 3.8) is 0 Å². The Labute approximate surface area is 121 Å². The Kier molecular flexibility index (Phi) is 5.42. The SMILES string of the molecule is CCCNC(Cc1ccc(Br)cn1)c1cncnc1. The van der Waals surface area contributed by atoms with E-state index in [2.05, 4.69) is 43.1 Å². The molecule has 0 radical (unpaired) electrons. The van der Waals surface area contributed by atoms with E-state index in [0.29, 0.717) is 0 Å². The van der Waals surface area contributed by atoms with Crippen molar-refractivity contribution in [2.75, 3.05) is 6.54 Å². The van der Waals surface area contributed by atoms with Crippen LogP contribution in [0.3, 0.4) is 0 Å². The Morgan fingerprint density at radius 3 is 2.63 bits per heavy atom. The standard InChI is InChI=1S/C14H17BrN4/c1-2-5-18-14(11-7-16-10-17-8-11)6-13-4-3-12(15)9-19-13/h3-4,7-10,14,18H,2,5-6H2,1H3. The third-order valence-electron chi connectivity index (χ3n) is 2.83. The number of rotatable bonds is 6. The smallest absolute Gasteiger partial charge is 0.115 e. The first-order chi connectivity index (χ1) is 9.29. The molecule has 19 heavy (non-hydrogen) atoms. The van der Waals surface area contributed by atoms with Gasteiger partial charge in [0, 0.05) is 46.8 Å². The molecule has 4 nitrogen and oxygen atoms in total. The summed E-state index contributed by atoms with van der Waals surface area (Å²) in [5, 5.41) is 3.52. The van der Waals surface area contributed by atoms with Gasteiger partial charge in [0.05, 0.1) is 0 Å². The summed E-state index contributed by atoms with van der Waals surface area (Å²) in [6.45, 7) is 3.12. The first-order valence-electron chi connectivity index (χ1n) is 6.38. The molecule has 5 heteroatoms. The fourth-order valence-electron chi connectivity index (χ4n) is 1.85. The van der Waals surface area contributed by atoms with Crippen molar-refractivity contribution in [1.82, 2.24) is 20.3 Å². The maximum atomic E-state index is 4.42. The molecule has 0 spiro atoms. The average Bonchev–Trinajstić information content (AvgIpc) is 2.46. The second-order valence-corrected chi connectivity index (χ2v) is 5.27. The molecule has 1 N–H and O–H groups in total. The van der Waals surface area contributed by atoms with Gasteiger partial charge in [0.15, 0.2) is 0 Å². The van der Waals surface area contributed by atoms with Crippen LogP contribution < -0.4 is 5.32 Å². The van der Waals surface area contributed by atoms with Crippen LogP contribution in [0.5, 0.6) is 0 Å². The topological polar surface area (TPSA) is 50.7 Å². The molecule has 0 aromatic carbocycles. The van der Waals surface area contributed by atoms with Crippen LogP contribution in [-0.2, 0) is 6.42 Å². The molecule has 0 aliphatic rings. The first kappa shape index (κ1) is 14.1. The molecule has 0 bridgehead atoms. The summed E-state index contributed by atoms with van der Waals surface area (Å²) in [5.74, 6) is 0. The molecule has 2 aromatic heterocycles. The zero-order valence-electron chi connectivity index (χ0n) is 10.9. The quantitative estimate of drug-likeness (QED) is 0.889. The lowest BCUT2D eigenvalue weighted by molar-refractivity contribution is 0.521. The van der Waals surface area contributed by atoms with Gasteiger partial charge < -0.3 is 5.32 Å². The second kappa shape index (κ2) is 7.31. The summed E-state index contributed by atoms with van der Waals surface area (Å²) < 4.78 is 0.998. The molecule has 1 unspecified atom stereocenters. The molecular formula is C14H17BrN4. The number of nitrogens with one attached hydrogen (secondary N) is 1. The van der Waals surface area contributed by atoms with E-state index in [4.69, 9.17) is 0 Å². The van der Waals surface area contributed by atoms with Crippen LogP contribution in [-0.4, -0.2) is 21.5 Å². The number of hydrogen-bond acceptors (Lipinski definition) is 4. The van der Waals surface area contributed by atoms with Crippen LogP contribution in [0.15, 0.2) is 41.5 Å². The number of pyridine rings is 1. The van der Waals surface area contributed by atoms with E-state index >= 15 is 0 Å². The minimum Gasteiger partial charge on any atom is -0.310 e. The van der Waals surface area contributed by atoms with Gasteiger partial charge in [-0.1, -0.05) is 6.92 Å². The largest absolute Gasteiger partial charge is 0.310 e. The number of halogens is 1. The molecule has 0 fully saturated rings. The van der Waals surface area contributed by atoms with Crippen LogP contribution in [0.25, 0.3) is 0 Å². The lowest BCUT2D eigenvalue weighted by atomic mass is 10.0. The van der Waals surface area contributed by atoms with E-state index < -0.39 is 0 Å². The van der Waals surface area contributed by atoms with Crippen molar-refractivity contribution in [2.45, 2.75) is 25.8 Å². The minimum atomic E-state index is 0.204. The van der Waals surface area contributed by atoms with Gasteiger partial charge in [0.2, 0.25) is 0 Å². The maximum absolute atomic E-state index is 4.42. The number of hydrogen-bond donors (Lipinski definition) is 1. The molecule has 0 amide bonds. The maximum Gasteiger partial charge on any atom is 0.115 e. The highest BCUT2D eigenvalue weighted by molar-refractivity contribution is 9.10. The third-order valence-corrected chi connectivity index (χ3v) is 3.29. The van der Waals surface area contributed by atoms with E-state index in [1.807, 2.05) is 30.7 Å². The predicted molar refractivity (Wildman–Crippen MR) is 78.7 cm³/mol. The monoisotopic (exact) mass is 320 g/mol. The summed E-state index contributed by atoms with van der Waals surface area (Å²) in [6, 6.07) is 4.25. The predicted octanol–water partition coefficient (Wildman–Crippen LogP) is 2.92. The highest BCUT2D eigenvalue weighted by atomic mass is 79.9. The number of nitrogens with zero attached hydrogens (tertiary/aromatic N) is 3. The normalized spacial score (nSPS) is 12.3. The van der Waals surface area contributed by atoms with Gasteiger partial charge in [-0.05, 0) is 41.0 Å². The fourth-order valence-corrected chi connectivity index (χ4v) is 2.09. The van der Waals surface area contributed by atoms with Crippen LogP contribution in [0.4, 0.5) is 0 Å². The van der Waals surface area contributed by atoms with E-state index in [1.165, 1.54) is 0 Å². The molecule has 1 atom stereocenters. The van der Waals surface area contributed by atoms with Crippen LogP contribution in [0.1, 0.15) is 30.6 Å². The Morgan fingerprint density at radius 1 is 1.21 bits per heavy atom. The van der Waals surface area contributed by atoms with Gasteiger partial charge in [-0.15, -0.1) is 0 Å². The van der Waals surface area contributed by atoms with Crippen molar-refractivity contribution in [2.24, 2.45) is 0 Å². The zero-order valence-corrected chi connectivity index (χ0v) is 12.5. The average molecular weight is 321 g/mol. The summed E-state index contributed by atoms with van der Waals surface area (Å²) in [6.07, 6.45) is 9.03. The van der Waals surface area contributed by atoms with Crippen molar-refractivity contribution in [1.29, 1.82) is 0 Å². The Morgan fingerprint density at radius 2 is 2.00 bits per heavy atom. The molecule has 2 heterocycles. The first-order valence-corrected chi connectivity index (χ1v) is 7.17. The van der Waals surface area contributed by atoms with Gasteiger partial charge in [0.1, 0.15) is 6.33 Å². The molecular weight excluding hydrogens is 304 g/mol. The summed E-state index contributed by atoms with van der Waals surface area (Å²) in [4.78, 5) is 12.6. The van der Waals surface area contributed by atoms with Crippen LogP contribution >= 0.6 is 15.9 Å². The van der Waals surface area contributed by atoms with Crippen molar-refractivity contribution < 1.29 is 0 Å². The van der Waals surface area contributed by atoms with Gasteiger partial charge >= 0.3 is 0 Å². The van der Waals surface area contributed by atoms with E-state index in [1.54, 1.807) is 6.33 Å². The third kappa shape index (κ3) is 4.36. The van der Waals surface area contributed by atoms with Gasteiger partial charge in [-0.3, -0.25) is 4.98 Å². The van der Waals surface area contributed by atoms with E-state index in [-0.39, 0.29) is 6.04 Å². The second-order valence-electron chi connectivity index (χ2n) is 4.35. The highest BCUT2D eigenvalue weighted by Gasteiger charge is 2.12. The van der Waals surface area contributed by atoms with Crippen molar-refractivity contribution >= 4 is 15.9 Å². The van der Waals surface area contributed by atoms with Crippen LogP contribution in [0.2, 0.25) is 0 Å². The summed E-state index contributed by atoms with van der Waals surface area (Å²) in [5.41, 5.74) is 2.15. The van der Waals surface area contributed by atoms with Crippen molar-refractivity contribution in [3.8, 4) is 0 Å². The molecule has 2 rings (SSSR count). The Bertz CT molecular complexity index is 487. The molecule has 0 aliphatic carbocycles. The van der Waals surface area contributed by atoms with E-state index in [0.717, 1.165) is 35.1 Å². The Hall–Kier alpha value is -1.33. The molecule has 100 valence electrons. The van der Waals surface area contributed by atoms with Crippen molar-refractivity contribution in [3.05, 3.63) is 52.8 Å². The highest BCUT2D eigenvalue weighted by Crippen LogP contribution is 2.17.